The van der Waals surface area contributed by atoms with E-state index in [4.69, 9.17) is 3.63 Å². The normalized spacial score (nSPS) is 10.7. The summed E-state index contributed by atoms with van der Waals surface area (Å²) >= 11 is 1.36. The van der Waals surface area contributed by atoms with Crippen molar-refractivity contribution in [2.45, 2.75) is 9.79 Å². The third-order valence-electron chi connectivity index (χ3n) is 5.49. The molecule has 0 aliphatic rings. The standard InChI is InChI=1S/C26H16N2O9S2/c29-25(30)19-13-15(17-5-1-3-7-21(17)27(33)34)9-11-23(19)38-37-39-24-12-10-16(14-20(24)26(31)32)18-6-2-4-8-22(18)28(35)36/h1-14H,(H,29,30)(H,31,32). The Morgan fingerprint density at radius 2 is 1.03 bits per heavy atom. The maximum absolute atomic E-state index is 11.9. The van der Waals surface area contributed by atoms with E-state index in [1.165, 1.54) is 72.8 Å². The zero-order valence-electron chi connectivity index (χ0n) is 19.5. The molecule has 0 unspecified atom stereocenters. The number of rotatable bonds is 10. The van der Waals surface area contributed by atoms with E-state index >= 15 is 0 Å². The highest BCUT2D eigenvalue weighted by molar-refractivity contribution is 8.08. The summed E-state index contributed by atoms with van der Waals surface area (Å²) in [5.41, 5.74) is 0.482. The Kier molecular flexibility index (Phi) is 8.24. The quantitative estimate of drug-likeness (QED) is 0.116. The van der Waals surface area contributed by atoms with Crippen LogP contribution in [0, 0.1) is 20.2 Å². The van der Waals surface area contributed by atoms with E-state index in [9.17, 15) is 40.0 Å². The molecule has 0 aliphatic carbocycles. The second-order valence-electron chi connectivity index (χ2n) is 7.82. The third-order valence-corrected chi connectivity index (χ3v) is 7.11. The van der Waals surface area contributed by atoms with Crippen LogP contribution in [0.1, 0.15) is 20.7 Å². The van der Waals surface area contributed by atoms with Crippen LogP contribution < -0.4 is 0 Å². The Hall–Kier alpha value is -4.72. The van der Waals surface area contributed by atoms with Crippen LogP contribution in [0.15, 0.2) is 94.7 Å². The number of aromatic carboxylic acids is 2. The Morgan fingerprint density at radius 3 is 1.38 bits per heavy atom. The molecule has 0 saturated carbocycles. The Morgan fingerprint density at radius 1 is 0.641 bits per heavy atom. The monoisotopic (exact) mass is 564 g/mol. The summed E-state index contributed by atoms with van der Waals surface area (Å²) < 4.78 is 5.49. The summed E-state index contributed by atoms with van der Waals surface area (Å²) in [4.78, 5) is 45.8. The summed E-state index contributed by atoms with van der Waals surface area (Å²) in [6.45, 7) is 0. The summed E-state index contributed by atoms with van der Waals surface area (Å²) in [6.07, 6.45) is 0. The Bertz CT molecular complexity index is 1510. The van der Waals surface area contributed by atoms with E-state index in [2.05, 4.69) is 0 Å². The van der Waals surface area contributed by atoms with Gasteiger partial charge < -0.3 is 10.2 Å². The van der Waals surface area contributed by atoms with Crippen LogP contribution in [0.25, 0.3) is 22.3 Å². The second kappa shape index (κ2) is 11.8. The molecule has 39 heavy (non-hydrogen) atoms. The first-order valence-corrected chi connectivity index (χ1v) is 12.4. The van der Waals surface area contributed by atoms with E-state index in [1.54, 1.807) is 12.1 Å². The van der Waals surface area contributed by atoms with Gasteiger partial charge in [-0.1, -0.05) is 36.4 Å². The molecule has 13 heteroatoms. The van der Waals surface area contributed by atoms with Crippen molar-refractivity contribution in [3.05, 3.63) is 116 Å². The van der Waals surface area contributed by atoms with Crippen LogP contribution in [0.4, 0.5) is 11.4 Å². The molecule has 0 atom stereocenters. The van der Waals surface area contributed by atoms with Crippen molar-refractivity contribution in [1.29, 1.82) is 0 Å². The van der Waals surface area contributed by atoms with E-state index in [0.29, 0.717) is 35.2 Å². The van der Waals surface area contributed by atoms with Gasteiger partial charge in [0.2, 0.25) is 0 Å². The maximum atomic E-state index is 11.9. The lowest BCUT2D eigenvalue weighted by atomic mass is 10.0. The Balaban J connectivity index is 1.58. The molecular formula is C26H16N2O9S2. The minimum absolute atomic E-state index is 0.165. The molecule has 0 radical (unpaired) electrons. The fraction of sp³-hybridized carbons (Fsp3) is 0. The van der Waals surface area contributed by atoms with Gasteiger partial charge in [-0.05, 0) is 47.5 Å². The molecule has 4 aromatic rings. The van der Waals surface area contributed by atoms with Gasteiger partial charge in [-0.2, -0.15) is 0 Å². The molecule has 4 aromatic carbocycles. The molecule has 0 aliphatic heterocycles. The van der Waals surface area contributed by atoms with Crippen molar-refractivity contribution in [3.63, 3.8) is 0 Å². The predicted octanol–water partition coefficient (Wildman–Crippen LogP) is 6.96. The number of para-hydroxylation sites is 2. The number of nitro benzene ring substituents is 2. The first kappa shape index (κ1) is 27.3. The van der Waals surface area contributed by atoms with Gasteiger partial charge in [-0.15, -0.1) is 0 Å². The predicted molar refractivity (Wildman–Crippen MR) is 144 cm³/mol. The van der Waals surface area contributed by atoms with Gasteiger partial charge in [0.25, 0.3) is 11.4 Å². The van der Waals surface area contributed by atoms with E-state index in [-0.39, 0.29) is 43.4 Å². The number of nitrogens with zero attached hydrogens (tertiary/aromatic N) is 2. The van der Waals surface area contributed by atoms with Crippen molar-refractivity contribution in [3.8, 4) is 22.3 Å². The highest BCUT2D eigenvalue weighted by Gasteiger charge is 2.21. The lowest BCUT2D eigenvalue weighted by molar-refractivity contribution is -0.384. The molecule has 11 nitrogen and oxygen atoms in total. The molecule has 0 amide bonds. The molecule has 0 saturated heterocycles. The highest BCUT2D eigenvalue weighted by Crippen LogP contribution is 2.38. The van der Waals surface area contributed by atoms with Crippen molar-refractivity contribution in [1.82, 2.24) is 0 Å². The van der Waals surface area contributed by atoms with Gasteiger partial charge in [0, 0.05) is 36.2 Å². The summed E-state index contributed by atoms with van der Waals surface area (Å²) in [6, 6.07) is 20.4. The fourth-order valence-corrected chi connectivity index (χ4v) is 5.16. The summed E-state index contributed by atoms with van der Waals surface area (Å²) in [7, 11) is 0. The van der Waals surface area contributed by atoms with Gasteiger partial charge >= 0.3 is 11.9 Å². The van der Waals surface area contributed by atoms with Gasteiger partial charge in [-0.3, -0.25) is 20.2 Å². The van der Waals surface area contributed by atoms with E-state index in [0.717, 1.165) is 0 Å². The number of nitro groups is 2. The zero-order valence-corrected chi connectivity index (χ0v) is 21.2. The molecule has 196 valence electrons. The molecule has 0 fully saturated rings. The minimum Gasteiger partial charge on any atom is -0.478 e. The number of carboxylic acids is 2. The molecule has 4 rings (SSSR count). The number of hydrogen-bond acceptors (Lipinski definition) is 9. The average molecular weight is 565 g/mol. The molecule has 0 aromatic heterocycles. The zero-order chi connectivity index (χ0) is 28.1. The first-order valence-electron chi connectivity index (χ1n) is 10.9. The SMILES string of the molecule is O=C(O)c1cc(-c2ccccc2[N+](=O)[O-])ccc1SOSc1ccc(-c2ccccc2[N+](=O)[O-])cc1C(=O)O. The fourth-order valence-electron chi connectivity index (χ4n) is 3.72. The largest absolute Gasteiger partial charge is 0.478 e. The van der Waals surface area contributed by atoms with E-state index in [1.807, 2.05) is 0 Å². The van der Waals surface area contributed by atoms with Crippen molar-refractivity contribution >= 4 is 47.4 Å². The maximum Gasteiger partial charge on any atom is 0.336 e. The van der Waals surface area contributed by atoms with Crippen LogP contribution >= 0.6 is 24.1 Å². The van der Waals surface area contributed by atoms with E-state index < -0.39 is 21.8 Å². The average Bonchev–Trinajstić information content (AvgIpc) is 2.93. The molecular weight excluding hydrogens is 548 g/mol. The van der Waals surface area contributed by atoms with Gasteiger partial charge in [0.05, 0.1) is 41.9 Å². The molecule has 2 N–H and O–H groups in total. The number of carboxylic acid groups (broad SMARTS) is 2. The summed E-state index contributed by atoms with van der Waals surface area (Å²) in [5.74, 6) is -2.57. The topological polar surface area (TPSA) is 170 Å². The summed E-state index contributed by atoms with van der Waals surface area (Å²) in [5, 5.41) is 42.2. The first-order chi connectivity index (χ1) is 18.7. The second-order valence-corrected chi connectivity index (χ2v) is 9.57. The highest BCUT2D eigenvalue weighted by atomic mass is 32.2. The Labute approximate surface area is 228 Å². The van der Waals surface area contributed by atoms with Crippen molar-refractivity contribution in [2.24, 2.45) is 0 Å². The smallest absolute Gasteiger partial charge is 0.336 e. The van der Waals surface area contributed by atoms with Crippen LogP contribution in [0.5, 0.6) is 0 Å². The van der Waals surface area contributed by atoms with Gasteiger partial charge in [-0.25, -0.2) is 13.2 Å². The number of hydrogen-bond donors (Lipinski definition) is 2. The lowest BCUT2D eigenvalue weighted by Gasteiger charge is -2.10. The lowest BCUT2D eigenvalue weighted by Crippen LogP contribution is -2.01. The number of benzene rings is 4. The van der Waals surface area contributed by atoms with Crippen LogP contribution in [-0.4, -0.2) is 32.0 Å². The van der Waals surface area contributed by atoms with Gasteiger partial charge in [0.1, 0.15) is 0 Å². The molecule has 0 heterocycles. The van der Waals surface area contributed by atoms with Crippen molar-refractivity contribution < 1.29 is 33.3 Å². The van der Waals surface area contributed by atoms with Crippen LogP contribution in [0.2, 0.25) is 0 Å². The van der Waals surface area contributed by atoms with Gasteiger partial charge in [0.15, 0.2) is 0 Å². The van der Waals surface area contributed by atoms with Crippen LogP contribution in [0.3, 0.4) is 0 Å². The van der Waals surface area contributed by atoms with Crippen molar-refractivity contribution in [2.75, 3.05) is 0 Å². The van der Waals surface area contributed by atoms with Crippen LogP contribution in [-0.2, 0) is 3.63 Å². The molecule has 0 bridgehead atoms. The third kappa shape index (κ3) is 6.06. The minimum atomic E-state index is -1.29. The number of carbonyl (C=O) groups is 2. The molecule has 0 spiro atoms.